The molecule has 5 heteroatoms. The van der Waals surface area contributed by atoms with Crippen LogP contribution in [0.3, 0.4) is 0 Å². The number of rotatable bonds is 7. The number of carbonyl (C=O) groups is 1. The number of nitrogens with one attached hydrogen (secondary N) is 2. The second kappa shape index (κ2) is 7.43. The monoisotopic (exact) mass is 272 g/mol. The zero-order valence-electron chi connectivity index (χ0n) is 11.7. The third-order valence-electron chi connectivity index (χ3n) is 3.22. The Morgan fingerprint density at radius 3 is 2.60 bits per heavy atom. The molecule has 1 amide bonds. The molecule has 0 aliphatic rings. The normalized spacial score (nSPS) is 10.4. The zero-order valence-corrected chi connectivity index (χ0v) is 11.7. The lowest BCUT2D eigenvalue weighted by molar-refractivity contribution is -0.121. The van der Waals surface area contributed by atoms with Crippen molar-refractivity contribution in [2.75, 3.05) is 6.54 Å². The van der Waals surface area contributed by atoms with E-state index >= 15 is 0 Å². The molecule has 106 valence electrons. The standard InChI is InChI=1S/C15H20N4O/c1-2-12-3-5-13(6-4-12)7-8-15(20)16-10-9-14-17-11-18-19-14/h3-6,11H,2,7-10H2,1H3,(H,16,20)(H,17,18,19). The summed E-state index contributed by atoms with van der Waals surface area (Å²) in [4.78, 5) is 15.7. The summed E-state index contributed by atoms with van der Waals surface area (Å²) in [6.45, 7) is 2.72. The van der Waals surface area contributed by atoms with E-state index < -0.39 is 0 Å². The van der Waals surface area contributed by atoms with E-state index in [1.54, 1.807) is 0 Å². The number of carbonyl (C=O) groups excluding carboxylic acids is 1. The summed E-state index contributed by atoms with van der Waals surface area (Å²) in [5.41, 5.74) is 2.53. The highest BCUT2D eigenvalue weighted by atomic mass is 16.1. The van der Waals surface area contributed by atoms with E-state index in [4.69, 9.17) is 0 Å². The predicted octanol–water partition coefficient (Wildman–Crippen LogP) is 1.66. The van der Waals surface area contributed by atoms with Crippen molar-refractivity contribution in [3.05, 3.63) is 47.5 Å². The van der Waals surface area contributed by atoms with Crippen LogP contribution in [-0.4, -0.2) is 27.6 Å². The maximum atomic E-state index is 11.7. The smallest absolute Gasteiger partial charge is 0.220 e. The molecular formula is C15H20N4O. The molecule has 2 aromatic rings. The van der Waals surface area contributed by atoms with E-state index in [2.05, 4.69) is 51.7 Å². The summed E-state index contributed by atoms with van der Waals surface area (Å²) in [5, 5.41) is 9.42. The van der Waals surface area contributed by atoms with Crippen molar-refractivity contribution in [2.24, 2.45) is 0 Å². The van der Waals surface area contributed by atoms with Crippen LogP contribution in [0.2, 0.25) is 0 Å². The van der Waals surface area contributed by atoms with E-state index in [0.29, 0.717) is 19.4 Å². The first-order valence-electron chi connectivity index (χ1n) is 6.96. The van der Waals surface area contributed by atoms with Gasteiger partial charge in [0.2, 0.25) is 5.91 Å². The lowest BCUT2D eigenvalue weighted by Crippen LogP contribution is -2.26. The van der Waals surface area contributed by atoms with Gasteiger partial charge in [0.1, 0.15) is 12.2 Å². The SMILES string of the molecule is CCc1ccc(CCC(=O)NCCc2ncn[nH]2)cc1. The maximum Gasteiger partial charge on any atom is 0.220 e. The van der Waals surface area contributed by atoms with Gasteiger partial charge in [-0.05, 0) is 24.0 Å². The highest BCUT2D eigenvalue weighted by Gasteiger charge is 2.03. The van der Waals surface area contributed by atoms with Gasteiger partial charge in [-0.3, -0.25) is 9.89 Å². The van der Waals surface area contributed by atoms with Crippen LogP contribution in [-0.2, 0) is 24.1 Å². The molecule has 0 fully saturated rings. The molecule has 2 rings (SSSR count). The molecule has 0 aliphatic heterocycles. The molecule has 0 spiro atoms. The minimum absolute atomic E-state index is 0.0732. The number of aromatic amines is 1. The molecule has 0 unspecified atom stereocenters. The van der Waals surface area contributed by atoms with Gasteiger partial charge in [0.15, 0.2) is 0 Å². The van der Waals surface area contributed by atoms with Gasteiger partial charge >= 0.3 is 0 Å². The molecule has 0 saturated heterocycles. The summed E-state index contributed by atoms with van der Waals surface area (Å²) >= 11 is 0. The van der Waals surface area contributed by atoms with E-state index in [9.17, 15) is 4.79 Å². The molecule has 1 heterocycles. The lowest BCUT2D eigenvalue weighted by atomic mass is 10.1. The van der Waals surface area contributed by atoms with Crippen molar-refractivity contribution in [2.45, 2.75) is 32.6 Å². The molecule has 20 heavy (non-hydrogen) atoms. The summed E-state index contributed by atoms with van der Waals surface area (Å²) < 4.78 is 0. The minimum Gasteiger partial charge on any atom is -0.356 e. The van der Waals surface area contributed by atoms with Gasteiger partial charge in [-0.2, -0.15) is 5.10 Å². The fourth-order valence-corrected chi connectivity index (χ4v) is 1.96. The second-order valence-electron chi connectivity index (χ2n) is 4.70. The lowest BCUT2D eigenvalue weighted by Gasteiger charge is -2.05. The molecule has 0 radical (unpaired) electrons. The quantitative estimate of drug-likeness (QED) is 0.805. The van der Waals surface area contributed by atoms with Crippen molar-refractivity contribution < 1.29 is 4.79 Å². The van der Waals surface area contributed by atoms with E-state index in [-0.39, 0.29) is 5.91 Å². The Labute approximate surface area is 118 Å². The van der Waals surface area contributed by atoms with Crippen LogP contribution >= 0.6 is 0 Å². The summed E-state index contributed by atoms with van der Waals surface area (Å²) in [6, 6.07) is 8.44. The first-order valence-corrected chi connectivity index (χ1v) is 6.96. The Morgan fingerprint density at radius 2 is 1.95 bits per heavy atom. The third-order valence-corrected chi connectivity index (χ3v) is 3.22. The predicted molar refractivity (Wildman–Crippen MR) is 77.2 cm³/mol. The van der Waals surface area contributed by atoms with Crippen molar-refractivity contribution in [1.82, 2.24) is 20.5 Å². The summed E-state index contributed by atoms with van der Waals surface area (Å²) in [5.74, 6) is 0.865. The van der Waals surface area contributed by atoms with Crippen LogP contribution in [0.5, 0.6) is 0 Å². The van der Waals surface area contributed by atoms with Crippen molar-refractivity contribution in [3.8, 4) is 0 Å². The van der Waals surface area contributed by atoms with Crippen LogP contribution < -0.4 is 5.32 Å². The van der Waals surface area contributed by atoms with Gasteiger partial charge in [0.05, 0.1) is 0 Å². The largest absolute Gasteiger partial charge is 0.356 e. The molecule has 5 nitrogen and oxygen atoms in total. The van der Waals surface area contributed by atoms with Crippen molar-refractivity contribution in [1.29, 1.82) is 0 Å². The summed E-state index contributed by atoms with van der Waals surface area (Å²) in [7, 11) is 0. The van der Waals surface area contributed by atoms with Crippen LogP contribution in [0.1, 0.15) is 30.3 Å². The Bertz CT molecular complexity index is 519. The summed E-state index contributed by atoms with van der Waals surface area (Å²) in [6.07, 6.45) is 4.48. The zero-order chi connectivity index (χ0) is 14.2. The average molecular weight is 272 g/mol. The number of aromatic nitrogens is 3. The van der Waals surface area contributed by atoms with Gasteiger partial charge in [-0.1, -0.05) is 31.2 Å². The number of hydrogen-bond donors (Lipinski definition) is 2. The number of hydrogen-bond acceptors (Lipinski definition) is 3. The van der Waals surface area contributed by atoms with Crippen LogP contribution in [0.4, 0.5) is 0 Å². The molecular weight excluding hydrogens is 252 g/mol. The average Bonchev–Trinajstić information content (AvgIpc) is 2.99. The third kappa shape index (κ3) is 4.50. The molecule has 1 aromatic heterocycles. The number of benzene rings is 1. The van der Waals surface area contributed by atoms with Crippen LogP contribution in [0, 0.1) is 0 Å². The van der Waals surface area contributed by atoms with E-state index in [0.717, 1.165) is 18.7 Å². The Balaban J connectivity index is 1.66. The minimum atomic E-state index is 0.0732. The first-order chi connectivity index (χ1) is 9.78. The Hall–Kier alpha value is -2.17. The van der Waals surface area contributed by atoms with E-state index in [1.165, 1.54) is 17.5 Å². The molecule has 1 aromatic carbocycles. The number of H-pyrrole nitrogens is 1. The maximum absolute atomic E-state index is 11.7. The highest BCUT2D eigenvalue weighted by molar-refractivity contribution is 5.76. The number of amides is 1. The van der Waals surface area contributed by atoms with Gasteiger partial charge in [-0.15, -0.1) is 0 Å². The Kier molecular flexibility index (Phi) is 5.29. The fraction of sp³-hybridized carbons (Fsp3) is 0.400. The molecule has 0 saturated carbocycles. The van der Waals surface area contributed by atoms with Gasteiger partial charge < -0.3 is 5.32 Å². The molecule has 0 atom stereocenters. The van der Waals surface area contributed by atoms with Crippen LogP contribution in [0.15, 0.2) is 30.6 Å². The van der Waals surface area contributed by atoms with Gasteiger partial charge in [-0.25, -0.2) is 4.98 Å². The van der Waals surface area contributed by atoms with Gasteiger partial charge in [0.25, 0.3) is 0 Å². The highest BCUT2D eigenvalue weighted by Crippen LogP contribution is 2.07. The topological polar surface area (TPSA) is 70.7 Å². The fourth-order valence-electron chi connectivity index (χ4n) is 1.96. The number of aryl methyl sites for hydroxylation is 2. The number of nitrogens with zero attached hydrogens (tertiary/aromatic N) is 2. The molecule has 2 N–H and O–H groups in total. The Morgan fingerprint density at radius 1 is 1.20 bits per heavy atom. The van der Waals surface area contributed by atoms with Crippen molar-refractivity contribution in [3.63, 3.8) is 0 Å². The van der Waals surface area contributed by atoms with E-state index in [1.807, 2.05) is 0 Å². The first kappa shape index (κ1) is 14.2. The second-order valence-corrected chi connectivity index (χ2v) is 4.70. The molecule has 0 aliphatic carbocycles. The van der Waals surface area contributed by atoms with Crippen molar-refractivity contribution >= 4 is 5.91 Å². The van der Waals surface area contributed by atoms with Gasteiger partial charge in [0, 0.05) is 19.4 Å². The molecule has 0 bridgehead atoms. The van der Waals surface area contributed by atoms with Crippen LogP contribution in [0.25, 0.3) is 0 Å².